The smallest absolute Gasteiger partial charge is 0.220 e. The summed E-state index contributed by atoms with van der Waals surface area (Å²) in [5.41, 5.74) is 2.13. The van der Waals surface area contributed by atoms with Crippen molar-refractivity contribution in [1.82, 2.24) is 5.32 Å². The van der Waals surface area contributed by atoms with Crippen LogP contribution >= 0.6 is 0 Å². The summed E-state index contributed by atoms with van der Waals surface area (Å²) in [7, 11) is 0. The molecule has 0 aliphatic heterocycles. The predicted molar refractivity (Wildman–Crippen MR) is 73.7 cm³/mol. The molecular formula is C15H21NO2. The molecular weight excluding hydrogens is 226 g/mol. The van der Waals surface area contributed by atoms with Crippen molar-refractivity contribution in [2.75, 3.05) is 13.2 Å². The third-order valence-electron chi connectivity index (χ3n) is 2.39. The van der Waals surface area contributed by atoms with Crippen LogP contribution in [0.5, 0.6) is 5.75 Å². The van der Waals surface area contributed by atoms with Gasteiger partial charge in [-0.25, -0.2) is 0 Å². The number of aryl methyl sites for hydroxylation is 1. The van der Waals surface area contributed by atoms with Crippen LogP contribution < -0.4 is 10.1 Å². The van der Waals surface area contributed by atoms with E-state index in [-0.39, 0.29) is 5.91 Å². The Balaban J connectivity index is 2.15. The van der Waals surface area contributed by atoms with Gasteiger partial charge in [0.1, 0.15) is 5.75 Å². The second kappa shape index (κ2) is 7.54. The summed E-state index contributed by atoms with van der Waals surface area (Å²) >= 11 is 0. The number of ether oxygens (including phenoxy) is 1. The number of benzene rings is 1. The number of hydrogen-bond donors (Lipinski definition) is 1. The van der Waals surface area contributed by atoms with Gasteiger partial charge in [0.05, 0.1) is 6.61 Å². The largest absolute Gasteiger partial charge is 0.494 e. The van der Waals surface area contributed by atoms with Crippen molar-refractivity contribution in [3.63, 3.8) is 0 Å². The molecule has 0 atom stereocenters. The lowest BCUT2D eigenvalue weighted by molar-refractivity contribution is -0.121. The Kier molecular flexibility index (Phi) is 5.98. The van der Waals surface area contributed by atoms with E-state index in [1.165, 1.54) is 5.56 Å². The van der Waals surface area contributed by atoms with Crippen LogP contribution in [0.15, 0.2) is 36.4 Å². The second-order valence-corrected chi connectivity index (χ2v) is 4.50. The van der Waals surface area contributed by atoms with Crippen LogP contribution in [-0.4, -0.2) is 19.1 Å². The Morgan fingerprint density at radius 3 is 2.89 bits per heavy atom. The minimum atomic E-state index is 0.0471. The first kappa shape index (κ1) is 14.3. The molecule has 1 amide bonds. The molecule has 0 aromatic heterocycles. The molecule has 1 N–H and O–H groups in total. The van der Waals surface area contributed by atoms with Crippen LogP contribution in [0.1, 0.15) is 25.3 Å². The van der Waals surface area contributed by atoms with Crippen molar-refractivity contribution in [2.24, 2.45) is 0 Å². The van der Waals surface area contributed by atoms with Crippen LogP contribution in [0, 0.1) is 6.92 Å². The van der Waals surface area contributed by atoms with Crippen molar-refractivity contribution < 1.29 is 9.53 Å². The van der Waals surface area contributed by atoms with Gasteiger partial charge < -0.3 is 10.1 Å². The highest BCUT2D eigenvalue weighted by atomic mass is 16.5. The highest BCUT2D eigenvalue weighted by Crippen LogP contribution is 2.12. The maximum absolute atomic E-state index is 11.4. The third-order valence-corrected chi connectivity index (χ3v) is 2.39. The molecule has 0 saturated heterocycles. The molecule has 0 spiro atoms. The summed E-state index contributed by atoms with van der Waals surface area (Å²) in [5, 5.41) is 2.80. The van der Waals surface area contributed by atoms with Crippen LogP contribution in [0.3, 0.4) is 0 Å². The van der Waals surface area contributed by atoms with Crippen LogP contribution in [0.4, 0.5) is 0 Å². The summed E-state index contributed by atoms with van der Waals surface area (Å²) < 4.78 is 5.57. The van der Waals surface area contributed by atoms with Gasteiger partial charge in [-0.15, -0.1) is 0 Å². The maximum Gasteiger partial charge on any atom is 0.220 e. The van der Waals surface area contributed by atoms with E-state index in [1.54, 1.807) is 0 Å². The summed E-state index contributed by atoms with van der Waals surface area (Å²) in [6.07, 6.45) is 1.20. The lowest BCUT2D eigenvalue weighted by Crippen LogP contribution is -2.24. The molecule has 0 bridgehead atoms. The van der Waals surface area contributed by atoms with Gasteiger partial charge in [0, 0.05) is 13.0 Å². The monoisotopic (exact) mass is 247 g/mol. The maximum atomic E-state index is 11.4. The Bertz CT molecular complexity index is 413. The Morgan fingerprint density at radius 2 is 2.22 bits per heavy atom. The molecule has 1 aromatic rings. The fourth-order valence-electron chi connectivity index (χ4n) is 1.47. The van der Waals surface area contributed by atoms with E-state index in [1.807, 2.05) is 38.1 Å². The number of carbonyl (C=O) groups excluding carboxylic acids is 1. The van der Waals surface area contributed by atoms with Gasteiger partial charge >= 0.3 is 0 Å². The van der Waals surface area contributed by atoms with Crippen molar-refractivity contribution in [1.29, 1.82) is 0 Å². The predicted octanol–water partition coefficient (Wildman–Crippen LogP) is 2.85. The second-order valence-electron chi connectivity index (χ2n) is 4.50. The summed E-state index contributed by atoms with van der Waals surface area (Å²) in [6.45, 7) is 8.76. The minimum absolute atomic E-state index is 0.0471. The summed E-state index contributed by atoms with van der Waals surface area (Å²) in [5.74, 6) is 0.906. The molecule has 1 rings (SSSR count). The Hall–Kier alpha value is -1.77. The average Bonchev–Trinajstić information content (AvgIpc) is 2.32. The Labute approximate surface area is 109 Å². The van der Waals surface area contributed by atoms with E-state index in [0.717, 1.165) is 17.7 Å². The highest BCUT2D eigenvalue weighted by Gasteiger charge is 2.01. The molecule has 98 valence electrons. The zero-order valence-corrected chi connectivity index (χ0v) is 11.2. The van der Waals surface area contributed by atoms with Gasteiger partial charge in [0.2, 0.25) is 5.91 Å². The number of hydrogen-bond acceptors (Lipinski definition) is 2. The first-order valence-electron chi connectivity index (χ1n) is 6.18. The zero-order chi connectivity index (χ0) is 13.4. The first-order chi connectivity index (χ1) is 8.58. The molecule has 0 radical (unpaired) electrons. The van der Waals surface area contributed by atoms with E-state index in [4.69, 9.17) is 4.74 Å². The molecule has 0 aliphatic carbocycles. The SMILES string of the molecule is C=C(C)CNC(=O)CCCOc1cccc(C)c1. The fraction of sp³-hybridized carbons (Fsp3) is 0.400. The molecule has 18 heavy (non-hydrogen) atoms. The highest BCUT2D eigenvalue weighted by molar-refractivity contribution is 5.76. The molecule has 3 nitrogen and oxygen atoms in total. The lowest BCUT2D eigenvalue weighted by atomic mass is 10.2. The van der Waals surface area contributed by atoms with Gasteiger partial charge in [-0.3, -0.25) is 4.79 Å². The van der Waals surface area contributed by atoms with Gasteiger partial charge in [-0.1, -0.05) is 24.3 Å². The summed E-state index contributed by atoms with van der Waals surface area (Å²) in [6, 6.07) is 7.90. The molecule has 0 aliphatic rings. The summed E-state index contributed by atoms with van der Waals surface area (Å²) in [4.78, 5) is 11.4. The van der Waals surface area contributed by atoms with E-state index >= 15 is 0 Å². The molecule has 0 unspecified atom stereocenters. The number of nitrogens with one attached hydrogen (secondary N) is 1. The number of amides is 1. The van der Waals surface area contributed by atoms with E-state index in [9.17, 15) is 4.79 Å². The topological polar surface area (TPSA) is 38.3 Å². The number of carbonyl (C=O) groups is 1. The van der Waals surface area contributed by atoms with Crippen LogP contribution in [0.2, 0.25) is 0 Å². The third kappa shape index (κ3) is 6.09. The van der Waals surface area contributed by atoms with Gasteiger partial charge in [-0.05, 0) is 38.0 Å². The molecule has 0 fully saturated rings. The van der Waals surface area contributed by atoms with Gasteiger partial charge in [0.25, 0.3) is 0 Å². The molecule has 1 aromatic carbocycles. The van der Waals surface area contributed by atoms with Crippen molar-refractivity contribution in [3.05, 3.63) is 42.0 Å². The van der Waals surface area contributed by atoms with E-state index in [2.05, 4.69) is 11.9 Å². The average molecular weight is 247 g/mol. The molecule has 0 heterocycles. The number of rotatable bonds is 7. The zero-order valence-electron chi connectivity index (χ0n) is 11.2. The lowest BCUT2D eigenvalue weighted by Gasteiger charge is -2.07. The van der Waals surface area contributed by atoms with E-state index in [0.29, 0.717) is 19.6 Å². The van der Waals surface area contributed by atoms with Crippen molar-refractivity contribution >= 4 is 5.91 Å². The van der Waals surface area contributed by atoms with Gasteiger partial charge in [0.15, 0.2) is 0 Å². The normalized spacial score (nSPS) is 9.89. The quantitative estimate of drug-likeness (QED) is 0.594. The van der Waals surface area contributed by atoms with Crippen LogP contribution in [0.25, 0.3) is 0 Å². The first-order valence-corrected chi connectivity index (χ1v) is 6.18. The fourth-order valence-corrected chi connectivity index (χ4v) is 1.47. The molecule has 3 heteroatoms. The van der Waals surface area contributed by atoms with Crippen molar-refractivity contribution in [3.8, 4) is 5.75 Å². The standard InChI is InChI=1S/C15H21NO2/c1-12(2)11-16-15(17)8-5-9-18-14-7-4-6-13(3)10-14/h4,6-7,10H,1,5,8-9,11H2,2-3H3,(H,16,17). The Morgan fingerprint density at radius 1 is 1.44 bits per heavy atom. The molecule has 0 saturated carbocycles. The van der Waals surface area contributed by atoms with Crippen LogP contribution in [-0.2, 0) is 4.79 Å². The van der Waals surface area contributed by atoms with Crippen molar-refractivity contribution in [2.45, 2.75) is 26.7 Å². The van der Waals surface area contributed by atoms with E-state index < -0.39 is 0 Å². The minimum Gasteiger partial charge on any atom is -0.494 e. The van der Waals surface area contributed by atoms with Gasteiger partial charge in [-0.2, -0.15) is 0 Å².